The van der Waals surface area contributed by atoms with Gasteiger partial charge >= 0.3 is 0 Å². The summed E-state index contributed by atoms with van der Waals surface area (Å²) in [5.74, 6) is 0.168. The van der Waals surface area contributed by atoms with Crippen LogP contribution in [0.4, 0.5) is 0 Å². The lowest BCUT2D eigenvalue weighted by molar-refractivity contribution is -0.128. The Balaban J connectivity index is 2.44. The summed E-state index contributed by atoms with van der Waals surface area (Å²) in [6.45, 7) is 4.78. The van der Waals surface area contributed by atoms with Gasteiger partial charge in [-0.05, 0) is 6.92 Å². The fourth-order valence-corrected chi connectivity index (χ4v) is 1.86. The third-order valence-corrected chi connectivity index (χ3v) is 2.48. The van der Waals surface area contributed by atoms with Crippen molar-refractivity contribution in [1.82, 2.24) is 10.2 Å². The van der Waals surface area contributed by atoms with Crippen molar-refractivity contribution in [3.63, 3.8) is 0 Å². The molecule has 0 bridgehead atoms. The van der Waals surface area contributed by atoms with Crippen LogP contribution in [0.3, 0.4) is 0 Å². The van der Waals surface area contributed by atoms with Crippen LogP contribution in [0, 0.1) is 0 Å². The van der Waals surface area contributed by atoms with Gasteiger partial charge in [-0.15, -0.1) is 0 Å². The second kappa shape index (κ2) is 4.25. The quantitative estimate of drug-likeness (QED) is 0.575. The zero-order valence-electron chi connectivity index (χ0n) is 6.64. The Morgan fingerprint density at radius 3 is 3.18 bits per heavy atom. The van der Waals surface area contributed by atoms with Crippen molar-refractivity contribution in [3.05, 3.63) is 0 Å². The van der Waals surface area contributed by atoms with E-state index in [2.05, 4.69) is 32.8 Å². The van der Waals surface area contributed by atoms with Crippen LogP contribution >= 0.6 is 22.6 Å². The van der Waals surface area contributed by atoms with Crippen molar-refractivity contribution in [3.8, 4) is 0 Å². The first-order valence-corrected chi connectivity index (χ1v) is 5.36. The summed E-state index contributed by atoms with van der Waals surface area (Å²) in [6.07, 6.45) is 0. The van der Waals surface area contributed by atoms with E-state index >= 15 is 0 Å². The summed E-state index contributed by atoms with van der Waals surface area (Å²) in [4.78, 5) is 13.3. The monoisotopic (exact) mass is 268 g/mol. The number of amides is 1. The van der Waals surface area contributed by atoms with Crippen LogP contribution in [0.15, 0.2) is 0 Å². The first kappa shape index (κ1) is 9.25. The number of nitrogens with zero attached hydrogens (tertiary/aromatic N) is 1. The average Bonchev–Trinajstić information content (AvgIpc) is 1.99. The summed E-state index contributed by atoms with van der Waals surface area (Å²) in [5.41, 5.74) is 0. The zero-order valence-corrected chi connectivity index (χ0v) is 8.80. The number of carbonyl (C=O) groups is 1. The number of hydrogen-bond acceptors (Lipinski definition) is 2. The lowest BCUT2D eigenvalue weighted by Crippen LogP contribution is -2.54. The van der Waals surface area contributed by atoms with Crippen LogP contribution in [-0.2, 0) is 4.79 Å². The fourth-order valence-electron chi connectivity index (χ4n) is 1.24. The largest absolute Gasteiger partial charge is 0.353 e. The summed E-state index contributed by atoms with van der Waals surface area (Å²) >= 11 is 2.33. The van der Waals surface area contributed by atoms with E-state index in [0.717, 1.165) is 24.1 Å². The summed E-state index contributed by atoms with van der Waals surface area (Å²) < 4.78 is 1.09. The smallest absolute Gasteiger partial charge is 0.237 e. The minimum Gasteiger partial charge on any atom is -0.353 e. The van der Waals surface area contributed by atoms with Crippen molar-refractivity contribution in [1.29, 1.82) is 0 Å². The van der Waals surface area contributed by atoms with Crippen LogP contribution in [0.2, 0.25) is 0 Å². The SMILES string of the molecule is CC1C(=O)NCCN1CCI. The van der Waals surface area contributed by atoms with E-state index in [-0.39, 0.29) is 11.9 Å². The molecule has 0 aromatic carbocycles. The van der Waals surface area contributed by atoms with E-state index in [4.69, 9.17) is 0 Å². The molecule has 1 N–H and O–H groups in total. The highest BCUT2D eigenvalue weighted by Gasteiger charge is 2.23. The Bertz CT molecular complexity index is 149. The predicted octanol–water partition coefficient (Wildman–Crippen LogP) is 0.242. The van der Waals surface area contributed by atoms with E-state index < -0.39 is 0 Å². The second-order valence-electron chi connectivity index (χ2n) is 2.69. The highest BCUT2D eigenvalue weighted by atomic mass is 127. The Kier molecular flexibility index (Phi) is 3.58. The molecular formula is C7H13IN2O. The minimum absolute atomic E-state index is 0.0681. The molecular weight excluding hydrogens is 255 g/mol. The molecule has 4 heteroatoms. The summed E-state index contributed by atoms with van der Waals surface area (Å²) in [7, 11) is 0. The van der Waals surface area contributed by atoms with Crippen molar-refractivity contribution < 1.29 is 4.79 Å². The number of rotatable bonds is 2. The summed E-state index contributed by atoms with van der Waals surface area (Å²) in [5, 5.41) is 2.84. The van der Waals surface area contributed by atoms with E-state index in [1.54, 1.807) is 0 Å². The van der Waals surface area contributed by atoms with Gasteiger partial charge < -0.3 is 5.32 Å². The minimum atomic E-state index is 0.0681. The maximum atomic E-state index is 11.1. The van der Waals surface area contributed by atoms with Crippen molar-refractivity contribution >= 4 is 28.5 Å². The molecule has 0 aromatic heterocycles. The highest BCUT2D eigenvalue weighted by Crippen LogP contribution is 2.03. The topological polar surface area (TPSA) is 32.3 Å². The van der Waals surface area contributed by atoms with Crippen LogP contribution in [-0.4, -0.2) is 40.9 Å². The molecule has 1 rings (SSSR count). The normalized spacial score (nSPS) is 26.7. The molecule has 1 unspecified atom stereocenters. The number of nitrogens with one attached hydrogen (secondary N) is 1. The van der Waals surface area contributed by atoms with Gasteiger partial charge in [0.2, 0.25) is 5.91 Å². The second-order valence-corrected chi connectivity index (χ2v) is 3.77. The highest BCUT2D eigenvalue weighted by molar-refractivity contribution is 14.1. The molecule has 0 spiro atoms. The molecule has 64 valence electrons. The standard InChI is InChI=1S/C7H13IN2O/c1-6-7(11)9-3-5-10(6)4-2-8/h6H,2-5H2,1H3,(H,9,11). The molecule has 1 heterocycles. The van der Waals surface area contributed by atoms with Gasteiger partial charge in [-0.1, -0.05) is 22.6 Å². The molecule has 1 aliphatic heterocycles. The molecule has 0 aromatic rings. The molecule has 1 aliphatic rings. The average molecular weight is 268 g/mol. The third-order valence-electron chi connectivity index (χ3n) is 2.00. The molecule has 11 heavy (non-hydrogen) atoms. The van der Waals surface area contributed by atoms with Gasteiger partial charge in [0.1, 0.15) is 0 Å². The first-order chi connectivity index (χ1) is 5.25. The van der Waals surface area contributed by atoms with Crippen molar-refractivity contribution in [2.75, 3.05) is 24.1 Å². The van der Waals surface area contributed by atoms with Crippen LogP contribution in [0.25, 0.3) is 0 Å². The number of piperazine rings is 1. The Labute approximate surface area is 80.7 Å². The maximum absolute atomic E-state index is 11.1. The molecule has 3 nitrogen and oxygen atoms in total. The lowest BCUT2D eigenvalue weighted by atomic mass is 10.2. The first-order valence-electron chi connectivity index (χ1n) is 3.83. The van der Waals surface area contributed by atoms with Crippen LogP contribution in [0.1, 0.15) is 6.92 Å². The number of hydrogen-bond donors (Lipinski definition) is 1. The van der Waals surface area contributed by atoms with E-state index in [9.17, 15) is 4.79 Å². The Hall–Kier alpha value is 0.160. The van der Waals surface area contributed by atoms with Gasteiger partial charge in [-0.2, -0.15) is 0 Å². The molecule has 0 aliphatic carbocycles. The molecule has 0 saturated carbocycles. The number of halogens is 1. The van der Waals surface area contributed by atoms with E-state index in [1.807, 2.05) is 6.92 Å². The van der Waals surface area contributed by atoms with E-state index in [0.29, 0.717) is 0 Å². The Morgan fingerprint density at radius 1 is 1.82 bits per heavy atom. The van der Waals surface area contributed by atoms with E-state index in [1.165, 1.54) is 0 Å². The number of carbonyl (C=O) groups excluding carboxylic acids is 1. The van der Waals surface area contributed by atoms with Gasteiger partial charge in [0.15, 0.2) is 0 Å². The van der Waals surface area contributed by atoms with Crippen LogP contribution < -0.4 is 5.32 Å². The maximum Gasteiger partial charge on any atom is 0.237 e. The predicted molar refractivity (Wildman–Crippen MR) is 52.9 cm³/mol. The summed E-state index contributed by atoms with van der Waals surface area (Å²) in [6, 6.07) is 0.0681. The van der Waals surface area contributed by atoms with Crippen molar-refractivity contribution in [2.45, 2.75) is 13.0 Å². The molecule has 1 atom stereocenters. The van der Waals surface area contributed by atoms with Crippen molar-refractivity contribution in [2.24, 2.45) is 0 Å². The molecule has 0 radical (unpaired) electrons. The lowest BCUT2D eigenvalue weighted by Gasteiger charge is -2.31. The van der Waals surface area contributed by atoms with Crippen LogP contribution in [0.5, 0.6) is 0 Å². The van der Waals surface area contributed by atoms with Gasteiger partial charge in [0.25, 0.3) is 0 Å². The number of alkyl halides is 1. The molecule has 1 fully saturated rings. The fraction of sp³-hybridized carbons (Fsp3) is 0.857. The van der Waals surface area contributed by atoms with Gasteiger partial charge in [0, 0.05) is 24.1 Å². The molecule has 1 saturated heterocycles. The van der Waals surface area contributed by atoms with Gasteiger partial charge in [0.05, 0.1) is 6.04 Å². The zero-order chi connectivity index (χ0) is 8.27. The van der Waals surface area contributed by atoms with Gasteiger partial charge in [-0.25, -0.2) is 0 Å². The van der Waals surface area contributed by atoms with Gasteiger partial charge in [-0.3, -0.25) is 9.69 Å². The Morgan fingerprint density at radius 2 is 2.55 bits per heavy atom. The molecule has 1 amide bonds. The third kappa shape index (κ3) is 2.30.